The van der Waals surface area contributed by atoms with Gasteiger partial charge in [-0.2, -0.15) is 5.10 Å². The lowest BCUT2D eigenvalue weighted by Crippen LogP contribution is -2.17. The molecule has 0 bridgehead atoms. The maximum Gasteiger partial charge on any atom is 0.257 e. The summed E-state index contributed by atoms with van der Waals surface area (Å²) in [4.78, 5) is 24.3. The minimum atomic E-state index is -0.275. The Balaban J connectivity index is 1.97. The Morgan fingerprint density at radius 1 is 1.00 bits per heavy atom. The Bertz CT molecular complexity index is 1060. The van der Waals surface area contributed by atoms with Crippen LogP contribution in [-0.2, 0) is 4.79 Å². The smallest absolute Gasteiger partial charge is 0.257 e. The quantitative estimate of drug-likeness (QED) is 0.673. The molecule has 7 heteroatoms. The fourth-order valence-electron chi connectivity index (χ4n) is 2.84. The van der Waals surface area contributed by atoms with Crippen LogP contribution in [0.4, 0.5) is 11.5 Å². The highest BCUT2D eigenvalue weighted by molar-refractivity contribution is 6.30. The first-order chi connectivity index (χ1) is 13.3. The average Bonchev–Trinajstić information content (AvgIpc) is 2.92. The predicted octanol–water partition coefficient (Wildman–Crippen LogP) is 4.66. The SMILES string of the molecule is CC(=O)Nc1ccc(C)c(C(=O)Nc2c(C)c(C)nn2-c2ccc(Cl)cc2)c1. The van der Waals surface area contributed by atoms with Gasteiger partial charge >= 0.3 is 0 Å². The molecule has 0 unspecified atom stereocenters. The fourth-order valence-corrected chi connectivity index (χ4v) is 2.97. The lowest BCUT2D eigenvalue weighted by atomic mass is 10.1. The van der Waals surface area contributed by atoms with Crippen molar-refractivity contribution < 1.29 is 9.59 Å². The number of hydrogen-bond acceptors (Lipinski definition) is 3. The Kier molecular flexibility index (Phi) is 5.51. The molecule has 0 fully saturated rings. The van der Waals surface area contributed by atoms with Crippen LogP contribution in [0.15, 0.2) is 42.5 Å². The van der Waals surface area contributed by atoms with Crippen molar-refractivity contribution in [3.63, 3.8) is 0 Å². The third kappa shape index (κ3) is 4.07. The molecule has 0 radical (unpaired) electrons. The van der Waals surface area contributed by atoms with Gasteiger partial charge in [-0.05, 0) is 62.7 Å². The first-order valence-corrected chi connectivity index (χ1v) is 9.16. The zero-order valence-corrected chi connectivity index (χ0v) is 16.9. The van der Waals surface area contributed by atoms with Crippen LogP contribution in [-0.4, -0.2) is 21.6 Å². The van der Waals surface area contributed by atoms with Crippen LogP contribution in [0, 0.1) is 20.8 Å². The maximum atomic E-state index is 13.0. The van der Waals surface area contributed by atoms with E-state index >= 15 is 0 Å². The van der Waals surface area contributed by atoms with Crippen LogP contribution in [0.1, 0.15) is 34.1 Å². The topological polar surface area (TPSA) is 76.0 Å². The van der Waals surface area contributed by atoms with Gasteiger partial charge in [-0.25, -0.2) is 4.68 Å². The van der Waals surface area contributed by atoms with Crippen LogP contribution in [0.5, 0.6) is 0 Å². The largest absolute Gasteiger partial charge is 0.326 e. The highest BCUT2D eigenvalue weighted by Gasteiger charge is 2.18. The van der Waals surface area contributed by atoms with E-state index in [1.54, 1.807) is 35.0 Å². The van der Waals surface area contributed by atoms with Crippen molar-refractivity contribution in [1.29, 1.82) is 0 Å². The Labute approximate surface area is 168 Å². The van der Waals surface area contributed by atoms with Crippen LogP contribution in [0.3, 0.4) is 0 Å². The number of rotatable bonds is 4. The summed E-state index contributed by atoms with van der Waals surface area (Å²) < 4.78 is 1.69. The molecule has 1 heterocycles. The van der Waals surface area contributed by atoms with Crippen LogP contribution in [0.2, 0.25) is 5.02 Å². The molecule has 3 rings (SSSR count). The number of anilines is 2. The number of benzene rings is 2. The Morgan fingerprint density at radius 3 is 2.32 bits per heavy atom. The van der Waals surface area contributed by atoms with Crippen molar-refractivity contribution >= 4 is 34.9 Å². The van der Waals surface area contributed by atoms with Gasteiger partial charge in [-0.1, -0.05) is 17.7 Å². The molecular weight excluding hydrogens is 376 g/mol. The Hall–Kier alpha value is -3.12. The van der Waals surface area contributed by atoms with Gasteiger partial charge in [0.05, 0.1) is 11.4 Å². The van der Waals surface area contributed by atoms with Crippen molar-refractivity contribution in [1.82, 2.24) is 9.78 Å². The number of aromatic nitrogens is 2. The van der Waals surface area contributed by atoms with Crippen molar-refractivity contribution in [3.05, 3.63) is 69.9 Å². The van der Waals surface area contributed by atoms with Gasteiger partial charge in [-0.15, -0.1) is 0 Å². The normalized spacial score (nSPS) is 10.6. The van der Waals surface area contributed by atoms with E-state index in [1.807, 2.05) is 32.9 Å². The fraction of sp³-hybridized carbons (Fsp3) is 0.190. The summed E-state index contributed by atoms with van der Waals surface area (Å²) in [6, 6.07) is 12.5. The minimum Gasteiger partial charge on any atom is -0.326 e. The standard InChI is InChI=1S/C21H21ClN4O2/c1-12-5-8-17(23-15(4)27)11-19(12)21(28)24-20-13(2)14(3)25-26(20)18-9-6-16(22)7-10-18/h5-11H,1-4H3,(H,23,27)(H,24,28). The molecule has 3 aromatic rings. The van der Waals surface area contributed by atoms with E-state index in [2.05, 4.69) is 15.7 Å². The molecule has 2 N–H and O–H groups in total. The van der Waals surface area contributed by atoms with Gasteiger partial charge in [0.2, 0.25) is 5.91 Å². The molecule has 28 heavy (non-hydrogen) atoms. The number of nitrogens with one attached hydrogen (secondary N) is 2. The van der Waals surface area contributed by atoms with Gasteiger partial charge in [0.25, 0.3) is 5.91 Å². The zero-order valence-electron chi connectivity index (χ0n) is 16.1. The molecule has 1 aromatic heterocycles. The number of amides is 2. The van der Waals surface area contributed by atoms with E-state index in [1.165, 1.54) is 6.92 Å². The van der Waals surface area contributed by atoms with Crippen molar-refractivity contribution in [2.24, 2.45) is 0 Å². The second kappa shape index (κ2) is 7.86. The summed E-state index contributed by atoms with van der Waals surface area (Å²) >= 11 is 5.98. The third-order valence-electron chi connectivity index (χ3n) is 4.47. The van der Waals surface area contributed by atoms with Crippen LogP contribution < -0.4 is 10.6 Å². The molecule has 0 aliphatic heterocycles. The minimum absolute atomic E-state index is 0.192. The molecule has 144 valence electrons. The molecule has 0 aliphatic carbocycles. The first kappa shape index (κ1) is 19.6. The number of halogens is 1. The second-order valence-electron chi connectivity index (χ2n) is 6.61. The first-order valence-electron chi connectivity index (χ1n) is 8.78. The number of hydrogen-bond donors (Lipinski definition) is 2. The third-order valence-corrected chi connectivity index (χ3v) is 4.72. The molecule has 0 atom stereocenters. The highest BCUT2D eigenvalue weighted by Crippen LogP contribution is 2.25. The van der Waals surface area contributed by atoms with Crippen LogP contribution >= 0.6 is 11.6 Å². The molecule has 6 nitrogen and oxygen atoms in total. The lowest BCUT2D eigenvalue weighted by Gasteiger charge is -2.13. The molecule has 0 aliphatic rings. The molecular formula is C21H21ClN4O2. The van der Waals surface area contributed by atoms with Crippen molar-refractivity contribution in [3.8, 4) is 5.69 Å². The van der Waals surface area contributed by atoms with Crippen molar-refractivity contribution in [2.75, 3.05) is 10.6 Å². The van der Waals surface area contributed by atoms with E-state index in [-0.39, 0.29) is 11.8 Å². The number of carbonyl (C=O) groups excluding carboxylic acids is 2. The molecule has 0 saturated carbocycles. The predicted molar refractivity (Wildman–Crippen MR) is 111 cm³/mol. The number of aryl methyl sites for hydroxylation is 2. The molecule has 0 spiro atoms. The monoisotopic (exact) mass is 396 g/mol. The lowest BCUT2D eigenvalue weighted by molar-refractivity contribution is -0.114. The maximum absolute atomic E-state index is 13.0. The zero-order chi connectivity index (χ0) is 20.4. The number of carbonyl (C=O) groups is 2. The summed E-state index contributed by atoms with van der Waals surface area (Å²) in [5.74, 6) is 0.125. The van der Waals surface area contributed by atoms with E-state index < -0.39 is 0 Å². The molecule has 2 amide bonds. The second-order valence-corrected chi connectivity index (χ2v) is 7.05. The van der Waals surface area contributed by atoms with Gasteiger partial charge in [0.15, 0.2) is 0 Å². The summed E-state index contributed by atoms with van der Waals surface area (Å²) in [5, 5.41) is 10.8. The van der Waals surface area contributed by atoms with E-state index in [4.69, 9.17) is 11.6 Å². The molecule has 2 aromatic carbocycles. The average molecular weight is 397 g/mol. The van der Waals surface area contributed by atoms with E-state index in [0.717, 1.165) is 22.5 Å². The summed E-state index contributed by atoms with van der Waals surface area (Å²) in [7, 11) is 0. The highest BCUT2D eigenvalue weighted by atomic mass is 35.5. The van der Waals surface area contributed by atoms with Crippen LogP contribution in [0.25, 0.3) is 5.69 Å². The summed E-state index contributed by atoms with van der Waals surface area (Å²) in [6.45, 7) is 7.07. The number of nitrogens with zero attached hydrogens (tertiary/aromatic N) is 2. The van der Waals surface area contributed by atoms with Gasteiger partial charge in [0.1, 0.15) is 5.82 Å². The summed E-state index contributed by atoms with van der Waals surface area (Å²) in [6.07, 6.45) is 0. The van der Waals surface area contributed by atoms with E-state index in [9.17, 15) is 9.59 Å². The van der Waals surface area contributed by atoms with Gasteiger partial charge in [0, 0.05) is 28.8 Å². The van der Waals surface area contributed by atoms with E-state index in [0.29, 0.717) is 22.1 Å². The van der Waals surface area contributed by atoms with Gasteiger partial charge < -0.3 is 10.6 Å². The molecule has 0 saturated heterocycles. The van der Waals surface area contributed by atoms with Gasteiger partial charge in [-0.3, -0.25) is 9.59 Å². The Morgan fingerprint density at radius 2 is 1.68 bits per heavy atom. The van der Waals surface area contributed by atoms with Crippen molar-refractivity contribution in [2.45, 2.75) is 27.7 Å². The summed E-state index contributed by atoms with van der Waals surface area (Å²) in [5.41, 5.74) is 4.33.